The fourth-order valence-electron chi connectivity index (χ4n) is 3.07. The fraction of sp³-hybridized carbons (Fsp3) is 0.786. The van der Waals surface area contributed by atoms with Crippen LogP contribution in [0, 0.1) is 12.8 Å². The van der Waals surface area contributed by atoms with Crippen LogP contribution in [0.3, 0.4) is 0 Å². The second-order valence-electron chi connectivity index (χ2n) is 5.58. The third-order valence-corrected chi connectivity index (χ3v) is 5.24. The minimum atomic E-state index is -0.525. The van der Waals surface area contributed by atoms with E-state index in [9.17, 15) is 5.11 Å². The largest absolute Gasteiger partial charge is 0.389 e. The zero-order chi connectivity index (χ0) is 13.3. The quantitative estimate of drug-likeness (QED) is 0.924. The van der Waals surface area contributed by atoms with Crippen molar-refractivity contribution in [2.24, 2.45) is 5.92 Å². The molecule has 0 amide bonds. The van der Waals surface area contributed by atoms with Gasteiger partial charge in [0.05, 0.1) is 21.5 Å². The molecule has 0 bridgehead atoms. The molecule has 1 heterocycles. The van der Waals surface area contributed by atoms with Crippen molar-refractivity contribution in [3.63, 3.8) is 0 Å². The van der Waals surface area contributed by atoms with Crippen LogP contribution in [0.4, 0.5) is 0 Å². The Hall–Kier alpha value is -0.350. The molecule has 102 valence electrons. The number of aliphatic hydroxyl groups is 1. The molecule has 3 nitrogen and oxygen atoms in total. The number of aromatic nitrogens is 2. The maximum Gasteiger partial charge on any atom is 0.0738 e. The highest BCUT2D eigenvalue weighted by atomic mass is 79.9. The van der Waals surface area contributed by atoms with E-state index in [0.717, 1.165) is 48.1 Å². The van der Waals surface area contributed by atoms with Crippen molar-refractivity contribution in [3.05, 3.63) is 15.9 Å². The highest BCUT2D eigenvalue weighted by molar-refractivity contribution is 9.10. The standard InChI is InChI=1S/C14H23BrN2O/c1-4-11-6-7-14(18,8-11)9-12-13(15)10(3)16-17(12)5-2/h11,18H,4-9H2,1-3H3. The van der Waals surface area contributed by atoms with Gasteiger partial charge in [0.25, 0.3) is 0 Å². The third-order valence-electron chi connectivity index (χ3n) is 4.21. The summed E-state index contributed by atoms with van der Waals surface area (Å²) in [6.45, 7) is 7.17. The fourth-order valence-corrected chi connectivity index (χ4v) is 3.50. The molecular weight excluding hydrogens is 292 g/mol. The Morgan fingerprint density at radius 3 is 2.78 bits per heavy atom. The first-order chi connectivity index (χ1) is 8.49. The van der Waals surface area contributed by atoms with Crippen LogP contribution < -0.4 is 0 Å². The molecule has 0 spiro atoms. The molecule has 4 heteroatoms. The van der Waals surface area contributed by atoms with Crippen LogP contribution in [0.1, 0.15) is 50.9 Å². The minimum Gasteiger partial charge on any atom is -0.389 e. The summed E-state index contributed by atoms with van der Waals surface area (Å²) in [6, 6.07) is 0. The van der Waals surface area contributed by atoms with Crippen LogP contribution in [-0.4, -0.2) is 20.5 Å². The van der Waals surface area contributed by atoms with Crippen molar-refractivity contribution in [1.82, 2.24) is 9.78 Å². The van der Waals surface area contributed by atoms with Crippen molar-refractivity contribution < 1.29 is 5.11 Å². The minimum absolute atomic E-state index is 0.525. The van der Waals surface area contributed by atoms with E-state index in [0.29, 0.717) is 5.92 Å². The molecule has 18 heavy (non-hydrogen) atoms. The van der Waals surface area contributed by atoms with E-state index in [1.165, 1.54) is 6.42 Å². The SMILES string of the molecule is CCC1CCC(O)(Cc2c(Br)c(C)nn2CC)C1. The van der Waals surface area contributed by atoms with Crippen molar-refractivity contribution in [2.45, 2.75) is 65.0 Å². The predicted octanol–water partition coefficient (Wildman–Crippen LogP) is 3.46. The number of rotatable bonds is 4. The Kier molecular flexibility index (Phi) is 4.17. The lowest BCUT2D eigenvalue weighted by atomic mass is 9.93. The van der Waals surface area contributed by atoms with Crippen LogP contribution in [-0.2, 0) is 13.0 Å². The maximum atomic E-state index is 10.7. The lowest BCUT2D eigenvalue weighted by Crippen LogP contribution is -2.29. The van der Waals surface area contributed by atoms with Crippen molar-refractivity contribution in [2.75, 3.05) is 0 Å². The molecule has 0 aromatic carbocycles. The number of nitrogens with zero attached hydrogens (tertiary/aromatic N) is 2. The normalized spacial score (nSPS) is 27.9. The molecule has 2 unspecified atom stereocenters. The van der Waals surface area contributed by atoms with Crippen LogP contribution >= 0.6 is 15.9 Å². The Bertz CT molecular complexity index is 430. The van der Waals surface area contributed by atoms with Gasteiger partial charge in [-0.15, -0.1) is 0 Å². The average Bonchev–Trinajstić information content (AvgIpc) is 2.85. The lowest BCUT2D eigenvalue weighted by Gasteiger charge is -2.23. The van der Waals surface area contributed by atoms with Crippen LogP contribution in [0.2, 0.25) is 0 Å². The van der Waals surface area contributed by atoms with E-state index in [1.54, 1.807) is 0 Å². The van der Waals surface area contributed by atoms with Gasteiger partial charge in [-0.2, -0.15) is 5.10 Å². The third kappa shape index (κ3) is 2.64. The highest BCUT2D eigenvalue weighted by Gasteiger charge is 2.38. The molecule has 1 N–H and O–H groups in total. The Morgan fingerprint density at radius 2 is 2.22 bits per heavy atom. The van der Waals surface area contributed by atoms with Gasteiger partial charge in [-0.3, -0.25) is 4.68 Å². The Labute approximate surface area is 118 Å². The number of halogens is 1. The van der Waals surface area contributed by atoms with Gasteiger partial charge in [-0.05, 0) is 55.0 Å². The summed E-state index contributed by atoms with van der Waals surface area (Å²) in [4.78, 5) is 0. The van der Waals surface area contributed by atoms with Crippen LogP contribution in [0.15, 0.2) is 4.47 Å². The van der Waals surface area contributed by atoms with Crippen LogP contribution in [0.5, 0.6) is 0 Å². The number of hydrogen-bond acceptors (Lipinski definition) is 2. The van der Waals surface area contributed by atoms with Gasteiger partial charge >= 0.3 is 0 Å². The van der Waals surface area contributed by atoms with E-state index in [1.807, 2.05) is 11.6 Å². The molecule has 0 aliphatic heterocycles. The molecule has 1 saturated carbocycles. The first-order valence-corrected chi connectivity index (χ1v) is 7.72. The molecule has 1 fully saturated rings. The molecule has 0 saturated heterocycles. The van der Waals surface area contributed by atoms with Crippen molar-refractivity contribution in [3.8, 4) is 0 Å². The Balaban J connectivity index is 2.19. The summed E-state index contributed by atoms with van der Waals surface area (Å²) in [5.41, 5.74) is 1.64. The molecular formula is C14H23BrN2O. The highest BCUT2D eigenvalue weighted by Crippen LogP contribution is 2.39. The summed E-state index contributed by atoms with van der Waals surface area (Å²) in [7, 11) is 0. The second-order valence-corrected chi connectivity index (χ2v) is 6.37. The van der Waals surface area contributed by atoms with E-state index >= 15 is 0 Å². The zero-order valence-electron chi connectivity index (χ0n) is 11.5. The molecule has 1 aromatic rings. The zero-order valence-corrected chi connectivity index (χ0v) is 13.1. The second kappa shape index (κ2) is 5.33. The average molecular weight is 315 g/mol. The van der Waals surface area contributed by atoms with Gasteiger partial charge in [-0.1, -0.05) is 13.3 Å². The van der Waals surface area contributed by atoms with E-state index in [2.05, 4.69) is 34.9 Å². The monoisotopic (exact) mass is 314 g/mol. The smallest absolute Gasteiger partial charge is 0.0738 e. The van der Waals surface area contributed by atoms with Gasteiger partial charge in [-0.25, -0.2) is 0 Å². The first kappa shape index (κ1) is 14.1. The summed E-state index contributed by atoms with van der Waals surface area (Å²) in [6.07, 6.45) is 4.91. The van der Waals surface area contributed by atoms with E-state index in [-0.39, 0.29) is 0 Å². The molecule has 1 aliphatic rings. The van der Waals surface area contributed by atoms with Gasteiger partial charge in [0, 0.05) is 13.0 Å². The number of hydrogen-bond donors (Lipinski definition) is 1. The summed E-state index contributed by atoms with van der Waals surface area (Å²) < 4.78 is 3.08. The number of aryl methyl sites for hydroxylation is 2. The van der Waals surface area contributed by atoms with Gasteiger partial charge in [0.2, 0.25) is 0 Å². The molecule has 2 rings (SSSR count). The molecule has 1 aromatic heterocycles. The van der Waals surface area contributed by atoms with E-state index in [4.69, 9.17) is 0 Å². The molecule has 0 radical (unpaired) electrons. The first-order valence-electron chi connectivity index (χ1n) is 6.93. The van der Waals surface area contributed by atoms with E-state index < -0.39 is 5.60 Å². The summed E-state index contributed by atoms with van der Waals surface area (Å²) >= 11 is 3.61. The van der Waals surface area contributed by atoms with Crippen LogP contribution in [0.25, 0.3) is 0 Å². The lowest BCUT2D eigenvalue weighted by molar-refractivity contribution is 0.0415. The van der Waals surface area contributed by atoms with Crippen molar-refractivity contribution in [1.29, 1.82) is 0 Å². The maximum absolute atomic E-state index is 10.7. The van der Waals surface area contributed by atoms with Crippen molar-refractivity contribution >= 4 is 15.9 Å². The van der Waals surface area contributed by atoms with Gasteiger partial charge < -0.3 is 5.11 Å². The van der Waals surface area contributed by atoms with Gasteiger partial charge in [0.15, 0.2) is 0 Å². The topological polar surface area (TPSA) is 38.1 Å². The molecule has 2 atom stereocenters. The predicted molar refractivity (Wildman–Crippen MR) is 76.6 cm³/mol. The Morgan fingerprint density at radius 1 is 1.50 bits per heavy atom. The molecule has 1 aliphatic carbocycles. The van der Waals surface area contributed by atoms with Gasteiger partial charge in [0.1, 0.15) is 0 Å². The summed E-state index contributed by atoms with van der Waals surface area (Å²) in [5.74, 6) is 0.688. The summed E-state index contributed by atoms with van der Waals surface area (Å²) in [5, 5.41) is 15.2.